The van der Waals surface area contributed by atoms with Gasteiger partial charge >= 0.3 is 6.09 Å². The molecule has 3 atom stereocenters. The van der Waals surface area contributed by atoms with Crippen molar-refractivity contribution < 1.29 is 14.6 Å². The van der Waals surface area contributed by atoms with Crippen molar-refractivity contribution in [3.05, 3.63) is 0 Å². The quantitative estimate of drug-likeness (QED) is 0.723. The van der Waals surface area contributed by atoms with E-state index in [1.54, 1.807) is 0 Å². The lowest BCUT2D eigenvalue weighted by Gasteiger charge is -2.28. The molecule has 0 aromatic carbocycles. The lowest BCUT2D eigenvalue weighted by Crippen LogP contribution is -2.46. The lowest BCUT2D eigenvalue weighted by atomic mass is 9.99. The van der Waals surface area contributed by atoms with E-state index in [0.29, 0.717) is 6.42 Å². The number of ether oxygens (including phenoxy) is 1. The van der Waals surface area contributed by atoms with Gasteiger partial charge in [0.05, 0.1) is 6.10 Å². The van der Waals surface area contributed by atoms with Crippen molar-refractivity contribution in [2.75, 3.05) is 0 Å². The molecular formula is C12H23NO3. The molecule has 1 amide bonds. The Kier molecular flexibility index (Phi) is 3.53. The number of aliphatic hydroxyl groups is 1. The van der Waals surface area contributed by atoms with Crippen LogP contribution in [0.25, 0.3) is 0 Å². The monoisotopic (exact) mass is 229 g/mol. The van der Waals surface area contributed by atoms with Crippen LogP contribution >= 0.6 is 0 Å². The first kappa shape index (κ1) is 13.3. The van der Waals surface area contributed by atoms with Crippen molar-refractivity contribution in [2.24, 2.45) is 5.92 Å². The number of rotatable bonds is 1. The van der Waals surface area contributed by atoms with Gasteiger partial charge in [-0.3, -0.25) is 0 Å². The Labute approximate surface area is 97.4 Å². The zero-order chi connectivity index (χ0) is 12.6. The predicted octanol–water partition coefficient (Wildman–Crippen LogP) is 2.06. The van der Waals surface area contributed by atoms with Gasteiger partial charge in [0.15, 0.2) is 0 Å². The zero-order valence-electron chi connectivity index (χ0n) is 10.8. The highest BCUT2D eigenvalue weighted by molar-refractivity contribution is 5.68. The molecule has 0 radical (unpaired) electrons. The molecule has 4 nitrogen and oxygen atoms in total. The molecule has 16 heavy (non-hydrogen) atoms. The summed E-state index contributed by atoms with van der Waals surface area (Å²) in [4.78, 5) is 11.6. The first-order valence-corrected chi connectivity index (χ1v) is 5.80. The number of aliphatic hydroxyl groups excluding tert-OH is 1. The number of carbonyl (C=O) groups excluding carboxylic acids is 1. The van der Waals surface area contributed by atoms with E-state index < -0.39 is 11.7 Å². The highest BCUT2D eigenvalue weighted by Gasteiger charge is 2.40. The lowest BCUT2D eigenvalue weighted by molar-refractivity contribution is 0.0459. The number of hydrogen-bond acceptors (Lipinski definition) is 3. The smallest absolute Gasteiger partial charge is 0.408 e. The van der Waals surface area contributed by atoms with Crippen LogP contribution in [-0.2, 0) is 4.74 Å². The van der Waals surface area contributed by atoms with Crippen molar-refractivity contribution in [1.29, 1.82) is 0 Å². The van der Waals surface area contributed by atoms with Gasteiger partial charge in [-0.15, -0.1) is 0 Å². The Bertz CT molecular complexity index is 260. The predicted molar refractivity (Wildman–Crippen MR) is 62.2 cm³/mol. The summed E-state index contributed by atoms with van der Waals surface area (Å²) in [5.41, 5.74) is -0.829. The number of nitrogens with one attached hydrogen (secondary N) is 1. The summed E-state index contributed by atoms with van der Waals surface area (Å²) in [6.45, 7) is 9.44. The van der Waals surface area contributed by atoms with E-state index in [0.717, 1.165) is 6.42 Å². The minimum Gasteiger partial charge on any atom is -0.444 e. The summed E-state index contributed by atoms with van der Waals surface area (Å²) in [5.74, 6) is 0.222. The first-order valence-electron chi connectivity index (χ1n) is 5.80. The Morgan fingerprint density at radius 3 is 2.38 bits per heavy atom. The molecule has 94 valence electrons. The zero-order valence-corrected chi connectivity index (χ0v) is 10.8. The first-order chi connectivity index (χ1) is 7.11. The Morgan fingerprint density at radius 1 is 1.44 bits per heavy atom. The maximum atomic E-state index is 11.6. The second kappa shape index (κ2) is 4.24. The van der Waals surface area contributed by atoms with Crippen molar-refractivity contribution in [1.82, 2.24) is 5.32 Å². The number of hydrogen-bond donors (Lipinski definition) is 2. The van der Waals surface area contributed by atoms with E-state index in [1.807, 2.05) is 34.6 Å². The molecule has 0 bridgehead atoms. The highest BCUT2D eigenvalue weighted by Crippen LogP contribution is 2.34. The molecule has 0 saturated heterocycles. The maximum Gasteiger partial charge on any atom is 0.408 e. The van der Waals surface area contributed by atoms with Gasteiger partial charge < -0.3 is 15.2 Å². The van der Waals surface area contributed by atoms with E-state index in [-0.39, 0.29) is 17.6 Å². The molecular weight excluding hydrogens is 206 g/mol. The van der Waals surface area contributed by atoms with Crippen molar-refractivity contribution in [2.45, 2.75) is 64.7 Å². The fraction of sp³-hybridized carbons (Fsp3) is 0.917. The average Bonchev–Trinajstić information content (AvgIpc) is 2.19. The Hall–Kier alpha value is -0.770. The summed E-state index contributed by atoms with van der Waals surface area (Å²) < 4.78 is 5.20. The molecule has 2 N–H and O–H groups in total. The average molecular weight is 229 g/mol. The van der Waals surface area contributed by atoms with E-state index in [1.165, 1.54) is 0 Å². The van der Waals surface area contributed by atoms with Gasteiger partial charge in [-0.05, 0) is 46.5 Å². The molecule has 1 rings (SSSR count). The molecule has 0 heterocycles. The number of carbonyl (C=O) groups is 1. The third-order valence-electron chi connectivity index (χ3n) is 2.89. The Balaban J connectivity index is 2.52. The number of alkyl carbamates (subject to hydrolysis) is 1. The van der Waals surface area contributed by atoms with E-state index in [4.69, 9.17) is 4.74 Å². The molecule has 0 spiro atoms. The van der Waals surface area contributed by atoms with Gasteiger partial charge in [-0.25, -0.2) is 4.79 Å². The van der Waals surface area contributed by atoms with Crippen molar-refractivity contribution in [3.8, 4) is 0 Å². The van der Waals surface area contributed by atoms with Crippen LogP contribution in [0, 0.1) is 5.92 Å². The van der Waals surface area contributed by atoms with Gasteiger partial charge in [-0.1, -0.05) is 6.92 Å². The fourth-order valence-corrected chi connectivity index (χ4v) is 2.24. The van der Waals surface area contributed by atoms with E-state index >= 15 is 0 Å². The molecule has 0 unspecified atom stereocenters. The Morgan fingerprint density at radius 2 is 2.00 bits per heavy atom. The third kappa shape index (κ3) is 3.67. The molecule has 4 heteroatoms. The van der Waals surface area contributed by atoms with Crippen molar-refractivity contribution >= 4 is 6.09 Å². The summed E-state index contributed by atoms with van der Waals surface area (Å²) in [6, 6.07) is 0. The summed E-state index contributed by atoms with van der Waals surface area (Å²) in [6.07, 6.45) is 0.636. The topological polar surface area (TPSA) is 58.6 Å². The normalized spacial score (nSPS) is 34.9. The third-order valence-corrected chi connectivity index (χ3v) is 2.89. The largest absolute Gasteiger partial charge is 0.444 e. The maximum absolute atomic E-state index is 11.6. The summed E-state index contributed by atoms with van der Waals surface area (Å²) in [5, 5.41) is 12.5. The molecule has 1 aliphatic carbocycles. The molecule has 1 saturated carbocycles. The van der Waals surface area contributed by atoms with Gasteiger partial charge in [0.1, 0.15) is 5.60 Å². The standard InChI is InChI=1S/C12H23NO3/c1-8-6-12(5,7-9(8)14)13-10(15)16-11(2,3)4/h8-9,14H,6-7H2,1-5H3,(H,13,15)/t8-,9-,12-/m1/s1. The van der Waals surface area contributed by atoms with Crippen LogP contribution < -0.4 is 5.32 Å². The minimum atomic E-state index is -0.483. The van der Waals surface area contributed by atoms with Gasteiger partial charge in [0, 0.05) is 5.54 Å². The second-order valence-electron chi connectivity index (χ2n) is 6.14. The van der Waals surface area contributed by atoms with E-state index in [2.05, 4.69) is 5.32 Å². The summed E-state index contributed by atoms with van der Waals surface area (Å²) in [7, 11) is 0. The van der Waals surface area contributed by atoms with Gasteiger partial charge in [0.25, 0.3) is 0 Å². The van der Waals surface area contributed by atoms with Crippen LogP contribution in [0.1, 0.15) is 47.5 Å². The van der Waals surface area contributed by atoms with E-state index in [9.17, 15) is 9.90 Å². The fourth-order valence-electron chi connectivity index (χ4n) is 2.24. The van der Waals surface area contributed by atoms with Crippen LogP contribution in [0.2, 0.25) is 0 Å². The van der Waals surface area contributed by atoms with Crippen LogP contribution in [0.3, 0.4) is 0 Å². The minimum absolute atomic E-state index is 0.222. The van der Waals surface area contributed by atoms with Crippen LogP contribution in [0.5, 0.6) is 0 Å². The molecule has 1 aliphatic rings. The van der Waals surface area contributed by atoms with Crippen molar-refractivity contribution in [3.63, 3.8) is 0 Å². The molecule has 0 aromatic rings. The molecule has 0 aliphatic heterocycles. The van der Waals surface area contributed by atoms with Crippen LogP contribution in [0.15, 0.2) is 0 Å². The van der Waals surface area contributed by atoms with Gasteiger partial charge in [0.2, 0.25) is 0 Å². The van der Waals surface area contributed by atoms with Gasteiger partial charge in [-0.2, -0.15) is 0 Å². The number of amides is 1. The summed E-state index contributed by atoms with van der Waals surface area (Å²) >= 11 is 0. The molecule has 1 fully saturated rings. The molecule has 0 aromatic heterocycles. The van der Waals surface area contributed by atoms with Crippen LogP contribution in [-0.4, -0.2) is 28.4 Å². The highest BCUT2D eigenvalue weighted by atomic mass is 16.6. The SMILES string of the molecule is C[C@@H]1C[C@@](C)(NC(=O)OC(C)(C)C)C[C@H]1O. The van der Waals surface area contributed by atoms with Crippen LogP contribution in [0.4, 0.5) is 4.79 Å². The second-order valence-corrected chi connectivity index (χ2v) is 6.14.